The van der Waals surface area contributed by atoms with E-state index in [9.17, 15) is 5.11 Å². The number of aromatic nitrogens is 3. The molecular weight excluding hydrogens is 244 g/mol. The first-order chi connectivity index (χ1) is 9.11. The van der Waals surface area contributed by atoms with Crippen LogP contribution in [0.25, 0.3) is 0 Å². The highest BCUT2D eigenvalue weighted by atomic mass is 16.5. The van der Waals surface area contributed by atoms with Crippen LogP contribution in [0.2, 0.25) is 0 Å². The summed E-state index contributed by atoms with van der Waals surface area (Å²) in [5.41, 5.74) is 0.783. The van der Waals surface area contributed by atoms with Crippen LogP contribution in [-0.2, 0) is 0 Å². The van der Waals surface area contributed by atoms with Gasteiger partial charge >= 0.3 is 0 Å². The molecule has 0 aliphatic rings. The second-order valence-electron chi connectivity index (χ2n) is 4.41. The van der Waals surface area contributed by atoms with Crippen LogP contribution in [0, 0.1) is 0 Å². The minimum absolute atomic E-state index is 0.00287. The summed E-state index contributed by atoms with van der Waals surface area (Å²) in [6.07, 6.45) is 1.47. The third-order valence-corrected chi connectivity index (χ3v) is 3.05. The summed E-state index contributed by atoms with van der Waals surface area (Å²) in [6.45, 7) is 3.95. The highest BCUT2D eigenvalue weighted by molar-refractivity contribution is 5.41. The zero-order chi connectivity index (χ0) is 13.8. The van der Waals surface area contributed by atoms with Gasteiger partial charge < -0.3 is 15.2 Å². The number of phenols is 1. The van der Waals surface area contributed by atoms with Gasteiger partial charge in [-0.15, -0.1) is 0 Å². The molecule has 0 amide bonds. The maximum absolute atomic E-state index is 9.91. The molecule has 3 N–H and O–H groups in total. The Morgan fingerprint density at radius 3 is 2.74 bits per heavy atom. The van der Waals surface area contributed by atoms with Crippen molar-refractivity contribution < 1.29 is 9.84 Å². The average molecular weight is 262 g/mol. The van der Waals surface area contributed by atoms with Crippen LogP contribution in [0.3, 0.4) is 0 Å². The summed E-state index contributed by atoms with van der Waals surface area (Å²) >= 11 is 0. The van der Waals surface area contributed by atoms with E-state index in [1.54, 1.807) is 19.2 Å². The van der Waals surface area contributed by atoms with E-state index in [0.29, 0.717) is 5.75 Å². The number of hydrogen-bond donors (Lipinski definition) is 3. The topological polar surface area (TPSA) is 83.1 Å². The SMILES string of the molecule is COc1ccc(O)c(C(C)NC(C)c2ncn[nH]2)c1. The highest BCUT2D eigenvalue weighted by Gasteiger charge is 2.16. The number of aromatic amines is 1. The van der Waals surface area contributed by atoms with Gasteiger partial charge in [0.2, 0.25) is 0 Å². The number of aromatic hydroxyl groups is 1. The number of H-pyrrole nitrogens is 1. The van der Waals surface area contributed by atoms with Crippen LogP contribution in [0.4, 0.5) is 0 Å². The second kappa shape index (κ2) is 5.71. The van der Waals surface area contributed by atoms with Crippen molar-refractivity contribution in [3.8, 4) is 11.5 Å². The molecule has 1 aromatic heterocycles. The van der Waals surface area contributed by atoms with Gasteiger partial charge in [-0.2, -0.15) is 5.10 Å². The number of rotatable bonds is 5. The minimum Gasteiger partial charge on any atom is -0.508 e. The van der Waals surface area contributed by atoms with Gasteiger partial charge in [0.05, 0.1) is 13.2 Å². The molecule has 0 fully saturated rings. The minimum atomic E-state index is -0.0461. The fourth-order valence-electron chi connectivity index (χ4n) is 1.97. The molecule has 0 saturated heterocycles. The summed E-state index contributed by atoms with van der Waals surface area (Å²) < 4.78 is 5.17. The van der Waals surface area contributed by atoms with Gasteiger partial charge in [-0.05, 0) is 32.0 Å². The third-order valence-electron chi connectivity index (χ3n) is 3.05. The second-order valence-corrected chi connectivity index (χ2v) is 4.41. The first-order valence-corrected chi connectivity index (χ1v) is 6.10. The zero-order valence-electron chi connectivity index (χ0n) is 11.2. The Hall–Kier alpha value is -2.08. The molecule has 0 aliphatic carbocycles. The molecule has 1 aromatic carbocycles. The summed E-state index contributed by atoms with van der Waals surface area (Å²) in [7, 11) is 1.60. The first-order valence-electron chi connectivity index (χ1n) is 6.10. The Morgan fingerprint density at radius 1 is 1.32 bits per heavy atom. The normalized spacial score (nSPS) is 14.1. The predicted molar refractivity (Wildman–Crippen MR) is 71.0 cm³/mol. The van der Waals surface area contributed by atoms with Gasteiger partial charge in [0.15, 0.2) is 0 Å². The molecule has 2 unspecified atom stereocenters. The fourth-order valence-corrected chi connectivity index (χ4v) is 1.97. The Labute approximate surface area is 111 Å². The van der Waals surface area contributed by atoms with Gasteiger partial charge in [0.25, 0.3) is 0 Å². The molecule has 0 radical (unpaired) electrons. The number of ether oxygens (including phenoxy) is 1. The molecule has 0 aliphatic heterocycles. The van der Waals surface area contributed by atoms with Crippen molar-refractivity contribution in [1.82, 2.24) is 20.5 Å². The summed E-state index contributed by atoms with van der Waals surface area (Å²) in [6, 6.07) is 5.13. The standard InChI is InChI=1S/C13H18N4O2/c1-8(16-9(2)13-14-7-15-17-13)11-6-10(19-3)4-5-12(11)18/h4-9,16,18H,1-3H3,(H,14,15,17). The predicted octanol–water partition coefficient (Wildman–Crippen LogP) is 1.93. The first kappa shape index (κ1) is 13.4. The van der Waals surface area contributed by atoms with Gasteiger partial charge in [-0.25, -0.2) is 4.98 Å². The lowest BCUT2D eigenvalue weighted by molar-refractivity contribution is 0.403. The van der Waals surface area contributed by atoms with Gasteiger partial charge in [0.1, 0.15) is 23.7 Å². The van der Waals surface area contributed by atoms with Crippen molar-refractivity contribution >= 4 is 0 Å². The van der Waals surface area contributed by atoms with E-state index < -0.39 is 0 Å². The van der Waals surface area contributed by atoms with Crippen molar-refractivity contribution in [3.63, 3.8) is 0 Å². The quantitative estimate of drug-likeness (QED) is 0.767. The van der Waals surface area contributed by atoms with Crippen LogP contribution >= 0.6 is 0 Å². The van der Waals surface area contributed by atoms with Crippen molar-refractivity contribution in [1.29, 1.82) is 0 Å². The number of nitrogens with zero attached hydrogens (tertiary/aromatic N) is 2. The number of nitrogens with one attached hydrogen (secondary N) is 2. The lowest BCUT2D eigenvalue weighted by Crippen LogP contribution is -2.23. The molecule has 2 rings (SSSR count). The molecule has 6 nitrogen and oxygen atoms in total. The summed E-state index contributed by atoms with van der Waals surface area (Å²) in [5, 5.41) is 19.9. The van der Waals surface area contributed by atoms with Crippen LogP contribution in [-0.4, -0.2) is 27.4 Å². The molecule has 6 heteroatoms. The van der Waals surface area contributed by atoms with E-state index in [0.717, 1.165) is 11.4 Å². The van der Waals surface area contributed by atoms with E-state index >= 15 is 0 Å². The van der Waals surface area contributed by atoms with Crippen molar-refractivity contribution in [3.05, 3.63) is 35.9 Å². The lowest BCUT2D eigenvalue weighted by atomic mass is 10.1. The van der Waals surface area contributed by atoms with Crippen molar-refractivity contribution in [2.75, 3.05) is 7.11 Å². The Balaban J connectivity index is 2.13. The number of benzene rings is 1. The monoisotopic (exact) mass is 262 g/mol. The molecule has 19 heavy (non-hydrogen) atoms. The largest absolute Gasteiger partial charge is 0.508 e. The smallest absolute Gasteiger partial charge is 0.141 e. The van der Waals surface area contributed by atoms with E-state index in [2.05, 4.69) is 20.5 Å². The van der Waals surface area contributed by atoms with Crippen LogP contribution in [0.5, 0.6) is 11.5 Å². The molecule has 2 aromatic rings. The van der Waals surface area contributed by atoms with Gasteiger partial charge in [-0.1, -0.05) is 0 Å². The molecule has 102 valence electrons. The fraction of sp³-hybridized carbons (Fsp3) is 0.385. The van der Waals surface area contributed by atoms with E-state index in [1.165, 1.54) is 6.33 Å². The van der Waals surface area contributed by atoms with Crippen LogP contribution < -0.4 is 10.1 Å². The molecular formula is C13H18N4O2. The molecule has 0 saturated carbocycles. The van der Waals surface area contributed by atoms with Crippen LogP contribution in [0.15, 0.2) is 24.5 Å². The van der Waals surface area contributed by atoms with E-state index in [-0.39, 0.29) is 17.8 Å². The average Bonchev–Trinajstić information content (AvgIpc) is 2.93. The maximum atomic E-state index is 9.91. The highest BCUT2D eigenvalue weighted by Crippen LogP contribution is 2.29. The molecule has 2 atom stereocenters. The number of methoxy groups -OCH3 is 1. The van der Waals surface area contributed by atoms with Crippen LogP contribution in [0.1, 0.15) is 37.3 Å². The molecule has 0 spiro atoms. The summed E-state index contributed by atoms with van der Waals surface area (Å²) in [4.78, 5) is 4.10. The Bertz CT molecular complexity index is 527. The molecule has 0 bridgehead atoms. The Morgan fingerprint density at radius 2 is 2.11 bits per heavy atom. The maximum Gasteiger partial charge on any atom is 0.141 e. The van der Waals surface area contributed by atoms with Crippen molar-refractivity contribution in [2.24, 2.45) is 0 Å². The van der Waals surface area contributed by atoms with E-state index in [1.807, 2.05) is 19.9 Å². The number of hydrogen-bond acceptors (Lipinski definition) is 5. The van der Waals surface area contributed by atoms with Gasteiger partial charge in [0, 0.05) is 11.6 Å². The Kier molecular flexibility index (Phi) is 4.01. The van der Waals surface area contributed by atoms with E-state index in [4.69, 9.17) is 4.74 Å². The molecule has 1 heterocycles. The number of phenolic OH excluding ortho intramolecular Hbond substituents is 1. The zero-order valence-corrected chi connectivity index (χ0v) is 11.2. The van der Waals surface area contributed by atoms with Gasteiger partial charge in [-0.3, -0.25) is 5.10 Å². The lowest BCUT2D eigenvalue weighted by Gasteiger charge is -2.20. The summed E-state index contributed by atoms with van der Waals surface area (Å²) in [5.74, 6) is 1.72. The van der Waals surface area contributed by atoms with Crippen molar-refractivity contribution in [2.45, 2.75) is 25.9 Å². The third kappa shape index (κ3) is 3.03.